The van der Waals surface area contributed by atoms with Gasteiger partial charge in [-0.05, 0) is 19.8 Å². The summed E-state index contributed by atoms with van der Waals surface area (Å²) in [5.41, 5.74) is 0. The molecule has 148 valence electrons. The number of hydrogen-bond donors (Lipinski definition) is 1. The predicted molar refractivity (Wildman–Crippen MR) is 95.0 cm³/mol. The number of urea groups is 1. The van der Waals surface area contributed by atoms with Gasteiger partial charge in [0.05, 0.1) is 19.7 Å². The maximum Gasteiger partial charge on any atom is 0.327 e. The van der Waals surface area contributed by atoms with Gasteiger partial charge in [0.15, 0.2) is 5.82 Å². The van der Waals surface area contributed by atoms with E-state index in [1.54, 1.807) is 25.0 Å². The van der Waals surface area contributed by atoms with E-state index in [-0.39, 0.29) is 43.5 Å². The fourth-order valence-electron chi connectivity index (χ4n) is 3.45. The average molecular weight is 379 g/mol. The monoisotopic (exact) mass is 379 g/mol. The molecule has 2 aliphatic heterocycles. The van der Waals surface area contributed by atoms with Crippen LogP contribution in [0.15, 0.2) is 10.6 Å². The highest BCUT2D eigenvalue weighted by Gasteiger charge is 2.40. The van der Waals surface area contributed by atoms with Crippen LogP contribution in [0.25, 0.3) is 0 Å². The molecule has 2 fully saturated rings. The third-order valence-corrected chi connectivity index (χ3v) is 4.86. The third kappa shape index (κ3) is 4.64. The summed E-state index contributed by atoms with van der Waals surface area (Å²) in [4.78, 5) is 41.6. The molecule has 0 aliphatic carbocycles. The molecule has 3 heterocycles. The van der Waals surface area contributed by atoms with Crippen LogP contribution in [0.3, 0.4) is 0 Å². The molecule has 1 aromatic rings. The van der Waals surface area contributed by atoms with Gasteiger partial charge in [0, 0.05) is 32.3 Å². The van der Waals surface area contributed by atoms with Crippen LogP contribution >= 0.6 is 0 Å². The number of amides is 4. The predicted octanol–water partition coefficient (Wildman–Crippen LogP) is 0.297. The molecule has 0 saturated carbocycles. The van der Waals surface area contributed by atoms with Gasteiger partial charge in [0.25, 0.3) is 0 Å². The number of imide groups is 1. The highest BCUT2D eigenvalue weighted by Crippen LogP contribution is 2.22. The summed E-state index contributed by atoms with van der Waals surface area (Å²) < 4.78 is 9.88. The number of ether oxygens (including phenoxy) is 1. The number of rotatable bonds is 7. The minimum atomic E-state index is -0.241. The molecule has 1 aromatic heterocycles. The van der Waals surface area contributed by atoms with Crippen molar-refractivity contribution >= 4 is 23.7 Å². The number of aryl methyl sites for hydroxylation is 1. The zero-order valence-electron chi connectivity index (χ0n) is 15.6. The number of nitrogens with zero attached hydrogens (tertiary/aromatic N) is 4. The lowest BCUT2D eigenvalue weighted by molar-refractivity contribution is -0.125. The van der Waals surface area contributed by atoms with Crippen LogP contribution in [0.4, 0.5) is 10.6 Å². The van der Waals surface area contributed by atoms with Crippen molar-refractivity contribution in [1.29, 1.82) is 0 Å². The summed E-state index contributed by atoms with van der Waals surface area (Å²) in [7, 11) is 1.54. The van der Waals surface area contributed by atoms with Crippen LogP contribution in [0.1, 0.15) is 18.6 Å². The molecule has 0 spiro atoms. The lowest BCUT2D eigenvalue weighted by Gasteiger charge is -2.35. The summed E-state index contributed by atoms with van der Waals surface area (Å²) >= 11 is 0. The van der Waals surface area contributed by atoms with E-state index < -0.39 is 0 Å². The van der Waals surface area contributed by atoms with E-state index in [9.17, 15) is 14.4 Å². The third-order valence-electron chi connectivity index (χ3n) is 4.86. The summed E-state index contributed by atoms with van der Waals surface area (Å²) in [6.07, 6.45) is 1.46. The summed E-state index contributed by atoms with van der Waals surface area (Å²) in [6.45, 7) is 4.13. The number of methoxy groups -OCH3 is 1. The van der Waals surface area contributed by atoms with Crippen molar-refractivity contribution in [2.24, 2.45) is 0 Å². The number of aromatic nitrogens is 1. The molecule has 2 aliphatic rings. The normalized spacial score (nSPS) is 19.2. The second-order valence-corrected chi connectivity index (χ2v) is 6.83. The molecule has 2 saturated heterocycles. The van der Waals surface area contributed by atoms with Gasteiger partial charge < -0.3 is 19.5 Å². The van der Waals surface area contributed by atoms with Gasteiger partial charge in [-0.15, -0.1) is 0 Å². The van der Waals surface area contributed by atoms with Gasteiger partial charge in [0.1, 0.15) is 12.3 Å². The number of hydrogen-bond acceptors (Lipinski definition) is 7. The summed E-state index contributed by atoms with van der Waals surface area (Å²) in [5, 5.41) is 6.44. The van der Waals surface area contributed by atoms with Gasteiger partial charge >= 0.3 is 6.03 Å². The Kier molecular flexibility index (Phi) is 6.07. The maximum atomic E-state index is 12.5. The van der Waals surface area contributed by atoms with Crippen LogP contribution in [0, 0.1) is 6.92 Å². The largest absolute Gasteiger partial charge is 0.383 e. The van der Waals surface area contributed by atoms with E-state index in [0.717, 1.165) is 12.8 Å². The van der Waals surface area contributed by atoms with Crippen molar-refractivity contribution in [2.45, 2.75) is 25.8 Å². The summed E-state index contributed by atoms with van der Waals surface area (Å²) in [5.74, 6) is 0.710. The van der Waals surface area contributed by atoms with E-state index in [0.29, 0.717) is 31.3 Å². The second kappa shape index (κ2) is 8.49. The smallest absolute Gasteiger partial charge is 0.327 e. The van der Waals surface area contributed by atoms with Crippen molar-refractivity contribution in [2.75, 3.05) is 51.8 Å². The second-order valence-electron chi connectivity index (χ2n) is 6.83. The van der Waals surface area contributed by atoms with Gasteiger partial charge in [-0.1, -0.05) is 5.16 Å². The number of piperidine rings is 1. The Labute approximate surface area is 157 Å². The van der Waals surface area contributed by atoms with Gasteiger partial charge in [-0.2, -0.15) is 0 Å². The quantitative estimate of drug-likeness (QED) is 0.679. The Hall–Kier alpha value is -2.46. The molecule has 0 atom stereocenters. The van der Waals surface area contributed by atoms with Gasteiger partial charge in [-0.3, -0.25) is 19.4 Å². The minimum absolute atomic E-state index is 0.0199. The Morgan fingerprint density at radius 3 is 2.74 bits per heavy atom. The fraction of sp³-hybridized carbons (Fsp3) is 0.647. The van der Waals surface area contributed by atoms with Crippen LogP contribution < -0.4 is 5.32 Å². The zero-order chi connectivity index (χ0) is 19.4. The topological polar surface area (TPSA) is 108 Å². The molecule has 0 radical (unpaired) electrons. The SMILES string of the molecule is COCCN1C(=O)CN(C2CCN(CC(=O)Nc3cc(C)on3)CC2)C1=O. The highest BCUT2D eigenvalue weighted by molar-refractivity contribution is 6.02. The molecule has 0 aromatic carbocycles. The molecule has 10 nitrogen and oxygen atoms in total. The van der Waals surface area contributed by atoms with Crippen molar-refractivity contribution in [3.05, 3.63) is 11.8 Å². The number of carbonyl (C=O) groups is 3. The first-order valence-electron chi connectivity index (χ1n) is 9.03. The number of anilines is 1. The average Bonchev–Trinajstić information content (AvgIpc) is 3.17. The van der Waals surface area contributed by atoms with Crippen LogP contribution in [0.5, 0.6) is 0 Å². The van der Waals surface area contributed by atoms with E-state index in [1.165, 1.54) is 4.90 Å². The molecular weight excluding hydrogens is 354 g/mol. The Morgan fingerprint density at radius 1 is 1.37 bits per heavy atom. The van der Waals surface area contributed by atoms with E-state index >= 15 is 0 Å². The van der Waals surface area contributed by atoms with Crippen LogP contribution in [-0.4, -0.2) is 90.2 Å². The molecular formula is C17H25N5O5. The fourth-order valence-corrected chi connectivity index (χ4v) is 3.45. The van der Waals surface area contributed by atoms with Crippen molar-refractivity contribution < 1.29 is 23.6 Å². The maximum absolute atomic E-state index is 12.5. The Bertz CT molecular complexity index is 698. The Balaban J connectivity index is 1.45. The first-order valence-corrected chi connectivity index (χ1v) is 9.03. The first-order chi connectivity index (χ1) is 13.0. The molecule has 0 unspecified atom stereocenters. The van der Waals surface area contributed by atoms with Crippen molar-refractivity contribution in [1.82, 2.24) is 19.9 Å². The van der Waals surface area contributed by atoms with Crippen LogP contribution in [0.2, 0.25) is 0 Å². The zero-order valence-corrected chi connectivity index (χ0v) is 15.6. The first kappa shape index (κ1) is 19.3. The molecule has 3 rings (SSSR count). The molecule has 10 heteroatoms. The standard InChI is InChI=1S/C17H25N5O5/c1-12-9-14(19-27-12)18-15(23)10-20-5-3-13(4-6-20)22-11-16(24)21(17(22)25)7-8-26-2/h9,13H,3-8,10-11H2,1-2H3,(H,18,19,23). The van der Waals surface area contributed by atoms with Crippen LogP contribution in [-0.2, 0) is 14.3 Å². The minimum Gasteiger partial charge on any atom is -0.383 e. The molecule has 0 bridgehead atoms. The van der Waals surface area contributed by atoms with E-state index in [4.69, 9.17) is 9.26 Å². The molecule has 1 N–H and O–H groups in total. The Morgan fingerprint density at radius 2 is 2.11 bits per heavy atom. The molecule has 27 heavy (non-hydrogen) atoms. The number of carbonyl (C=O) groups excluding carboxylic acids is 3. The highest BCUT2D eigenvalue weighted by atomic mass is 16.5. The summed E-state index contributed by atoms with van der Waals surface area (Å²) in [6, 6.07) is 1.44. The number of nitrogens with one attached hydrogen (secondary N) is 1. The van der Waals surface area contributed by atoms with E-state index in [1.807, 2.05) is 4.90 Å². The van der Waals surface area contributed by atoms with Gasteiger partial charge in [0.2, 0.25) is 11.8 Å². The number of likely N-dealkylation sites (tertiary alicyclic amines) is 1. The molecule has 4 amide bonds. The lowest BCUT2D eigenvalue weighted by Crippen LogP contribution is -2.48. The van der Waals surface area contributed by atoms with Crippen molar-refractivity contribution in [3.63, 3.8) is 0 Å². The van der Waals surface area contributed by atoms with Gasteiger partial charge in [-0.25, -0.2) is 4.79 Å². The van der Waals surface area contributed by atoms with Crippen molar-refractivity contribution in [3.8, 4) is 0 Å². The van der Waals surface area contributed by atoms with E-state index in [2.05, 4.69) is 10.5 Å². The lowest BCUT2D eigenvalue weighted by atomic mass is 10.0.